The number of carboxylic acid groups (broad SMARTS) is 1. The molecule has 0 saturated heterocycles. The highest BCUT2D eigenvalue weighted by atomic mass is 35.5. The van der Waals surface area contributed by atoms with Crippen LogP contribution in [-0.4, -0.2) is 11.1 Å². The quantitative estimate of drug-likeness (QED) is 0.788. The average molecular weight is 303 g/mol. The van der Waals surface area contributed by atoms with Crippen molar-refractivity contribution in [2.45, 2.75) is 32.1 Å². The summed E-state index contributed by atoms with van der Waals surface area (Å²) in [6, 6.07) is 13.5. The molecule has 0 heterocycles. The maximum Gasteiger partial charge on any atom is 0.335 e. The van der Waals surface area contributed by atoms with Crippen LogP contribution in [0, 0.1) is 0 Å². The van der Waals surface area contributed by atoms with Crippen LogP contribution in [0.15, 0.2) is 42.5 Å². The van der Waals surface area contributed by atoms with E-state index in [-0.39, 0.29) is 0 Å². The van der Waals surface area contributed by atoms with Crippen LogP contribution in [0.5, 0.6) is 0 Å². The molecule has 2 rings (SSSR count). The van der Waals surface area contributed by atoms with Gasteiger partial charge in [-0.1, -0.05) is 49.7 Å². The summed E-state index contributed by atoms with van der Waals surface area (Å²) in [4.78, 5) is 11.4. The molecule has 2 aromatic carbocycles. The van der Waals surface area contributed by atoms with Gasteiger partial charge in [0.2, 0.25) is 0 Å². The van der Waals surface area contributed by atoms with Gasteiger partial charge in [0.25, 0.3) is 0 Å². The third-order valence-electron chi connectivity index (χ3n) is 3.57. The third kappa shape index (κ3) is 3.85. The summed E-state index contributed by atoms with van der Waals surface area (Å²) in [6.07, 6.45) is 2.71. The fourth-order valence-corrected chi connectivity index (χ4v) is 2.70. The Morgan fingerprint density at radius 2 is 1.81 bits per heavy atom. The van der Waals surface area contributed by atoms with Crippen LogP contribution in [0.25, 0.3) is 0 Å². The molecule has 3 heteroatoms. The van der Waals surface area contributed by atoms with E-state index in [9.17, 15) is 9.90 Å². The van der Waals surface area contributed by atoms with Crippen molar-refractivity contribution in [3.8, 4) is 0 Å². The van der Waals surface area contributed by atoms with Gasteiger partial charge in [-0.2, -0.15) is 0 Å². The third-order valence-corrected chi connectivity index (χ3v) is 3.88. The number of halogens is 1. The van der Waals surface area contributed by atoms with Crippen molar-refractivity contribution in [3.05, 3.63) is 70.3 Å². The first-order chi connectivity index (χ1) is 10.2. The highest BCUT2D eigenvalue weighted by Gasteiger charge is 2.12. The summed E-state index contributed by atoms with van der Waals surface area (Å²) >= 11 is 5.87. The van der Waals surface area contributed by atoms with E-state index in [4.69, 9.17) is 11.6 Å². The molecule has 0 aliphatic heterocycles. The SMILES string of the molecule is CCCc1ccccc1Cc1cc(CCl)ccc1C(=O)O. The molecule has 0 aromatic heterocycles. The lowest BCUT2D eigenvalue weighted by atomic mass is 9.93. The number of hydrogen-bond acceptors (Lipinski definition) is 1. The molecule has 0 bridgehead atoms. The first kappa shape index (κ1) is 15.6. The van der Waals surface area contributed by atoms with E-state index in [0.717, 1.165) is 24.0 Å². The van der Waals surface area contributed by atoms with Crippen LogP contribution < -0.4 is 0 Å². The molecule has 21 heavy (non-hydrogen) atoms. The lowest BCUT2D eigenvalue weighted by molar-refractivity contribution is 0.0696. The van der Waals surface area contributed by atoms with Crippen molar-refractivity contribution in [1.82, 2.24) is 0 Å². The summed E-state index contributed by atoms with van der Waals surface area (Å²) in [6.45, 7) is 2.15. The zero-order valence-corrected chi connectivity index (χ0v) is 12.9. The van der Waals surface area contributed by atoms with Gasteiger partial charge in [-0.15, -0.1) is 11.6 Å². The molecular formula is C18H19ClO2. The molecule has 2 aromatic rings. The van der Waals surface area contributed by atoms with Crippen LogP contribution in [0.4, 0.5) is 0 Å². The van der Waals surface area contributed by atoms with Crippen molar-refractivity contribution in [2.24, 2.45) is 0 Å². The highest BCUT2D eigenvalue weighted by Crippen LogP contribution is 2.21. The van der Waals surface area contributed by atoms with Crippen molar-refractivity contribution in [3.63, 3.8) is 0 Å². The van der Waals surface area contributed by atoms with Crippen LogP contribution in [0.3, 0.4) is 0 Å². The Labute approximate surface area is 130 Å². The van der Waals surface area contributed by atoms with Gasteiger partial charge in [-0.3, -0.25) is 0 Å². The predicted octanol–water partition coefficient (Wildman–Crippen LogP) is 4.67. The number of rotatable bonds is 6. The summed E-state index contributed by atoms with van der Waals surface area (Å²) < 4.78 is 0. The zero-order chi connectivity index (χ0) is 15.2. The van der Waals surface area contributed by atoms with Gasteiger partial charge in [0.15, 0.2) is 0 Å². The Bertz CT molecular complexity index is 635. The Morgan fingerprint density at radius 1 is 1.10 bits per heavy atom. The lowest BCUT2D eigenvalue weighted by Gasteiger charge is -2.12. The van der Waals surface area contributed by atoms with Crippen molar-refractivity contribution in [1.29, 1.82) is 0 Å². The van der Waals surface area contributed by atoms with Crippen LogP contribution in [0.1, 0.15) is 46.0 Å². The van der Waals surface area contributed by atoms with E-state index in [1.807, 2.05) is 18.2 Å². The molecular weight excluding hydrogens is 284 g/mol. The van der Waals surface area contributed by atoms with Crippen molar-refractivity contribution in [2.75, 3.05) is 0 Å². The highest BCUT2D eigenvalue weighted by molar-refractivity contribution is 6.17. The van der Waals surface area contributed by atoms with Crippen LogP contribution in [0.2, 0.25) is 0 Å². The standard InChI is InChI=1S/C18H19ClO2/c1-2-5-14-6-3-4-7-15(14)11-16-10-13(12-19)8-9-17(16)18(20)21/h3-4,6-10H,2,5,11-12H2,1H3,(H,20,21). The Hall–Kier alpha value is -1.80. The molecule has 0 fully saturated rings. The minimum Gasteiger partial charge on any atom is -0.478 e. The zero-order valence-electron chi connectivity index (χ0n) is 12.1. The molecule has 0 spiro atoms. The number of alkyl halides is 1. The Balaban J connectivity index is 2.40. The molecule has 2 nitrogen and oxygen atoms in total. The molecule has 0 aliphatic carbocycles. The molecule has 0 radical (unpaired) electrons. The molecule has 0 atom stereocenters. The molecule has 0 unspecified atom stereocenters. The largest absolute Gasteiger partial charge is 0.478 e. The maximum absolute atomic E-state index is 11.4. The summed E-state index contributed by atoms with van der Waals surface area (Å²) in [5.41, 5.74) is 4.60. The van der Waals surface area contributed by atoms with Crippen molar-refractivity contribution >= 4 is 17.6 Å². The summed E-state index contributed by atoms with van der Waals surface area (Å²) in [5.74, 6) is -0.497. The second-order valence-corrected chi connectivity index (χ2v) is 5.39. The number of aromatic carboxylic acids is 1. The number of benzene rings is 2. The fourth-order valence-electron chi connectivity index (χ4n) is 2.53. The monoisotopic (exact) mass is 302 g/mol. The summed E-state index contributed by atoms with van der Waals surface area (Å²) in [5, 5.41) is 9.35. The molecule has 0 saturated carbocycles. The summed E-state index contributed by atoms with van der Waals surface area (Å²) in [7, 11) is 0. The van der Waals surface area contributed by atoms with E-state index in [1.165, 1.54) is 11.1 Å². The molecule has 0 aliphatic rings. The number of carbonyl (C=O) groups is 1. The average Bonchev–Trinajstić information content (AvgIpc) is 2.49. The van der Waals surface area contributed by atoms with Gasteiger partial charge in [-0.25, -0.2) is 4.79 Å². The Kier molecular flexibility index (Phi) is 5.40. The van der Waals surface area contributed by atoms with Crippen molar-refractivity contribution < 1.29 is 9.90 Å². The normalized spacial score (nSPS) is 10.6. The fraction of sp³-hybridized carbons (Fsp3) is 0.278. The van der Waals surface area contributed by atoms with Crippen LogP contribution in [-0.2, 0) is 18.7 Å². The predicted molar refractivity (Wildman–Crippen MR) is 86.2 cm³/mol. The van der Waals surface area contributed by atoms with Gasteiger partial charge in [0, 0.05) is 5.88 Å². The minimum atomic E-state index is -0.890. The lowest BCUT2D eigenvalue weighted by Crippen LogP contribution is -2.05. The number of aryl methyl sites for hydroxylation is 1. The molecule has 1 N–H and O–H groups in total. The smallest absolute Gasteiger partial charge is 0.335 e. The van der Waals surface area contributed by atoms with Gasteiger partial charge in [0.05, 0.1) is 5.56 Å². The van der Waals surface area contributed by atoms with Gasteiger partial charge in [-0.05, 0) is 41.2 Å². The first-order valence-corrected chi connectivity index (χ1v) is 7.67. The van der Waals surface area contributed by atoms with Crippen LogP contribution >= 0.6 is 11.6 Å². The molecule has 110 valence electrons. The minimum absolute atomic E-state index is 0.357. The second-order valence-electron chi connectivity index (χ2n) is 5.13. The number of carboxylic acids is 1. The maximum atomic E-state index is 11.4. The number of hydrogen-bond donors (Lipinski definition) is 1. The first-order valence-electron chi connectivity index (χ1n) is 7.13. The Morgan fingerprint density at radius 3 is 2.43 bits per heavy atom. The van der Waals surface area contributed by atoms with E-state index >= 15 is 0 Å². The van der Waals surface area contributed by atoms with E-state index in [2.05, 4.69) is 19.1 Å². The van der Waals surface area contributed by atoms with Gasteiger partial charge in [0.1, 0.15) is 0 Å². The van der Waals surface area contributed by atoms with Gasteiger partial charge < -0.3 is 5.11 Å². The second kappa shape index (κ2) is 7.28. The van der Waals surface area contributed by atoms with Gasteiger partial charge >= 0.3 is 5.97 Å². The topological polar surface area (TPSA) is 37.3 Å². The molecule has 0 amide bonds. The van der Waals surface area contributed by atoms with E-state index < -0.39 is 5.97 Å². The van der Waals surface area contributed by atoms with E-state index in [1.54, 1.807) is 12.1 Å². The van der Waals surface area contributed by atoms with E-state index in [0.29, 0.717) is 17.9 Å².